The zero-order valence-electron chi connectivity index (χ0n) is 10.4. The van der Waals surface area contributed by atoms with Crippen molar-refractivity contribution in [3.05, 3.63) is 0 Å². The van der Waals surface area contributed by atoms with E-state index in [1.165, 1.54) is 0 Å². The highest BCUT2D eigenvalue weighted by Crippen LogP contribution is 2.25. The summed E-state index contributed by atoms with van der Waals surface area (Å²) in [5.74, 6) is 0.599. The van der Waals surface area contributed by atoms with Gasteiger partial charge in [0, 0.05) is 25.6 Å². The van der Waals surface area contributed by atoms with Gasteiger partial charge in [-0.25, -0.2) is 0 Å². The number of amides is 1. The highest BCUT2D eigenvalue weighted by Gasteiger charge is 2.21. The van der Waals surface area contributed by atoms with Crippen LogP contribution < -0.4 is 11.1 Å². The molecule has 0 aromatic rings. The van der Waals surface area contributed by atoms with Gasteiger partial charge in [0.1, 0.15) is 0 Å². The first-order chi connectivity index (χ1) is 7.61. The summed E-state index contributed by atoms with van der Waals surface area (Å²) in [6, 6.07) is 0.387. The normalized spacial score (nSPS) is 27.4. The van der Waals surface area contributed by atoms with Crippen LogP contribution in [0.3, 0.4) is 0 Å². The number of hydrogen-bond acceptors (Lipinski definition) is 3. The third kappa shape index (κ3) is 4.94. The highest BCUT2D eigenvalue weighted by molar-refractivity contribution is 5.76. The molecular formula is C12H24N2O2. The van der Waals surface area contributed by atoms with Gasteiger partial charge in [-0.05, 0) is 32.1 Å². The minimum atomic E-state index is 0.0924. The van der Waals surface area contributed by atoms with Gasteiger partial charge >= 0.3 is 0 Å². The molecule has 0 radical (unpaired) electrons. The van der Waals surface area contributed by atoms with E-state index < -0.39 is 0 Å². The zero-order chi connectivity index (χ0) is 12.0. The molecule has 0 bridgehead atoms. The fourth-order valence-corrected chi connectivity index (χ4v) is 2.41. The van der Waals surface area contributed by atoms with Crippen LogP contribution in [0.15, 0.2) is 0 Å². The van der Waals surface area contributed by atoms with Crippen molar-refractivity contribution >= 4 is 5.91 Å². The lowest BCUT2D eigenvalue weighted by molar-refractivity contribution is -0.123. The van der Waals surface area contributed by atoms with Gasteiger partial charge in [-0.3, -0.25) is 4.79 Å². The number of methoxy groups -OCH3 is 1. The molecule has 3 atom stereocenters. The summed E-state index contributed by atoms with van der Waals surface area (Å²) in [5, 5.41) is 2.94. The molecule has 16 heavy (non-hydrogen) atoms. The minimum Gasteiger partial charge on any atom is -0.383 e. The summed E-state index contributed by atoms with van der Waals surface area (Å²) in [6.45, 7) is 2.52. The molecule has 4 nitrogen and oxygen atoms in total. The van der Waals surface area contributed by atoms with Crippen LogP contribution in [0.2, 0.25) is 0 Å². The Morgan fingerprint density at radius 3 is 2.94 bits per heavy atom. The summed E-state index contributed by atoms with van der Waals surface area (Å²) in [4.78, 5) is 11.7. The van der Waals surface area contributed by atoms with Gasteiger partial charge in [0.2, 0.25) is 5.91 Å². The lowest BCUT2D eigenvalue weighted by Gasteiger charge is -2.26. The molecule has 0 spiro atoms. The fraction of sp³-hybridized carbons (Fsp3) is 0.917. The van der Waals surface area contributed by atoms with Gasteiger partial charge in [-0.2, -0.15) is 0 Å². The van der Waals surface area contributed by atoms with E-state index in [2.05, 4.69) is 5.32 Å². The maximum absolute atomic E-state index is 11.7. The summed E-state index contributed by atoms with van der Waals surface area (Å²) >= 11 is 0. The van der Waals surface area contributed by atoms with Crippen LogP contribution >= 0.6 is 0 Å². The number of ether oxygens (including phenoxy) is 1. The predicted molar refractivity (Wildman–Crippen MR) is 64.0 cm³/mol. The third-order valence-corrected chi connectivity index (χ3v) is 3.12. The van der Waals surface area contributed by atoms with Crippen molar-refractivity contribution in [2.24, 2.45) is 11.7 Å². The number of nitrogens with two attached hydrogens (primary N) is 1. The lowest BCUT2D eigenvalue weighted by atomic mass is 9.84. The molecule has 0 aliphatic heterocycles. The van der Waals surface area contributed by atoms with E-state index >= 15 is 0 Å². The van der Waals surface area contributed by atoms with Crippen molar-refractivity contribution < 1.29 is 9.53 Å². The molecule has 94 valence electrons. The zero-order valence-corrected chi connectivity index (χ0v) is 10.4. The molecule has 1 fully saturated rings. The summed E-state index contributed by atoms with van der Waals surface area (Å²) in [6.07, 6.45) is 5.01. The Morgan fingerprint density at radius 1 is 1.56 bits per heavy atom. The van der Waals surface area contributed by atoms with Gasteiger partial charge in [-0.1, -0.05) is 6.42 Å². The van der Waals surface area contributed by atoms with Crippen LogP contribution in [0.5, 0.6) is 0 Å². The Balaban J connectivity index is 2.22. The fourth-order valence-electron chi connectivity index (χ4n) is 2.41. The Bertz CT molecular complexity index is 221. The molecule has 3 unspecified atom stereocenters. The van der Waals surface area contributed by atoms with Crippen molar-refractivity contribution in [1.29, 1.82) is 0 Å². The summed E-state index contributed by atoms with van der Waals surface area (Å²) < 4.78 is 4.98. The van der Waals surface area contributed by atoms with E-state index in [0.29, 0.717) is 25.0 Å². The van der Waals surface area contributed by atoms with Crippen LogP contribution in [-0.2, 0) is 9.53 Å². The number of nitrogens with one attached hydrogen (secondary N) is 1. The van der Waals surface area contributed by atoms with E-state index in [0.717, 1.165) is 25.7 Å². The minimum absolute atomic E-state index is 0.0924. The van der Waals surface area contributed by atoms with Crippen LogP contribution in [0.25, 0.3) is 0 Å². The van der Waals surface area contributed by atoms with Crippen LogP contribution in [-0.4, -0.2) is 31.7 Å². The van der Waals surface area contributed by atoms with Crippen molar-refractivity contribution in [3.8, 4) is 0 Å². The second-order valence-corrected chi connectivity index (χ2v) is 4.92. The van der Waals surface area contributed by atoms with E-state index in [-0.39, 0.29) is 11.9 Å². The highest BCUT2D eigenvalue weighted by atomic mass is 16.5. The van der Waals surface area contributed by atoms with Crippen molar-refractivity contribution in [1.82, 2.24) is 5.32 Å². The number of carbonyl (C=O) groups is 1. The first-order valence-corrected chi connectivity index (χ1v) is 6.15. The molecule has 0 aromatic heterocycles. The molecule has 1 aliphatic rings. The van der Waals surface area contributed by atoms with Gasteiger partial charge in [-0.15, -0.1) is 0 Å². The number of rotatable bonds is 5. The maximum atomic E-state index is 11.7. The van der Waals surface area contributed by atoms with Crippen LogP contribution in [0, 0.1) is 5.92 Å². The average molecular weight is 228 g/mol. The van der Waals surface area contributed by atoms with Gasteiger partial charge in [0.15, 0.2) is 0 Å². The number of hydrogen-bond donors (Lipinski definition) is 2. The molecule has 0 aromatic carbocycles. The second kappa shape index (κ2) is 6.86. The third-order valence-electron chi connectivity index (χ3n) is 3.12. The van der Waals surface area contributed by atoms with E-state index in [1.807, 2.05) is 6.92 Å². The first-order valence-electron chi connectivity index (χ1n) is 6.15. The largest absolute Gasteiger partial charge is 0.383 e. The van der Waals surface area contributed by atoms with E-state index in [1.54, 1.807) is 7.11 Å². The van der Waals surface area contributed by atoms with Gasteiger partial charge < -0.3 is 15.8 Å². The second-order valence-electron chi connectivity index (χ2n) is 4.92. The molecule has 0 saturated heterocycles. The molecule has 1 aliphatic carbocycles. The average Bonchev–Trinajstić information content (AvgIpc) is 2.17. The Morgan fingerprint density at radius 2 is 2.31 bits per heavy atom. The monoisotopic (exact) mass is 228 g/mol. The first kappa shape index (κ1) is 13.5. The van der Waals surface area contributed by atoms with Crippen molar-refractivity contribution in [2.75, 3.05) is 13.7 Å². The molecule has 3 N–H and O–H groups in total. The Labute approximate surface area is 97.9 Å². The van der Waals surface area contributed by atoms with Gasteiger partial charge in [0.25, 0.3) is 0 Å². The van der Waals surface area contributed by atoms with E-state index in [4.69, 9.17) is 10.5 Å². The Hall–Kier alpha value is -0.610. The molecular weight excluding hydrogens is 204 g/mol. The van der Waals surface area contributed by atoms with Crippen LogP contribution in [0.4, 0.5) is 0 Å². The predicted octanol–water partition coefficient (Wildman–Crippen LogP) is 1.05. The quantitative estimate of drug-likeness (QED) is 0.739. The van der Waals surface area contributed by atoms with Crippen LogP contribution in [0.1, 0.15) is 39.0 Å². The van der Waals surface area contributed by atoms with Crippen molar-refractivity contribution in [2.45, 2.75) is 51.1 Å². The smallest absolute Gasteiger partial charge is 0.220 e. The molecule has 1 amide bonds. The van der Waals surface area contributed by atoms with E-state index in [9.17, 15) is 4.79 Å². The topological polar surface area (TPSA) is 64.3 Å². The standard InChI is InChI=1S/C12H24N2O2/c1-9(8-16-2)14-12(15)7-10-4-3-5-11(13)6-10/h9-11H,3-8,13H2,1-2H3,(H,14,15). The summed E-state index contributed by atoms with van der Waals surface area (Å²) in [7, 11) is 1.64. The molecule has 1 rings (SSSR count). The molecule has 4 heteroatoms. The lowest BCUT2D eigenvalue weighted by Crippen LogP contribution is -2.38. The molecule has 1 saturated carbocycles. The number of carbonyl (C=O) groups excluding carboxylic acids is 1. The Kier molecular flexibility index (Phi) is 5.77. The SMILES string of the molecule is COCC(C)NC(=O)CC1CCCC(N)C1. The molecule has 0 heterocycles. The van der Waals surface area contributed by atoms with Gasteiger partial charge in [0.05, 0.1) is 6.61 Å². The van der Waals surface area contributed by atoms with Crippen molar-refractivity contribution in [3.63, 3.8) is 0 Å². The summed E-state index contributed by atoms with van der Waals surface area (Å²) in [5.41, 5.74) is 5.90. The maximum Gasteiger partial charge on any atom is 0.220 e.